The molecule has 15 heavy (non-hydrogen) atoms. The molecule has 0 bridgehead atoms. The molecule has 0 radical (unpaired) electrons. The van der Waals surface area contributed by atoms with Crippen LogP contribution in [0.3, 0.4) is 0 Å². The summed E-state index contributed by atoms with van der Waals surface area (Å²) in [5, 5.41) is 10.4. The average Bonchev–Trinajstić information content (AvgIpc) is 2.67. The van der Waals surface area contributed by atoms with Crippen LogP contribution in [0.25, 0.3) is 0 Å². The summed E-state index contributed by atoms with van der Waals surface area (Å²) in [4.78, 5) is 2.31. The molecule has 3 fully saturated rings. The lowest BCUT2D eigenvalue weighted by Gasteiger charge is -2.38. The number of aliphatic hydroxyl groups excluding tert-OH is 1. The summed E-state index contributed by atoms with van der Waals surface area (Å²) in [5.41, 5.74) is 0. The first-order valence-corrected chi connectivity index (χ1v) is 6.51. The zero-order valence-corrected chi connectivity index (χ0v) is 9.87. The van der Waals surface area contributed by atoms with Crippen molar-refractivity contribution in [1.29, 1.82) is 0 Å². The maximum Gasteiger partial charge on any atom is 0.164 e. The zero-order chi connectivity index (χ0) is 10.6. The van der Waals surface area contributed by atoms with Crippen LogP contribution in [0, 0.1) is 0 Å². The van der Waals surface area contributed by atoms with Crippen LogP contribution in [0.15, 0.2) is 0 Å². The summed E-state index contributed by atoms with van der Waals surface area (Å²) in [5.74, 6) is 0.583. The van der Waals surface area contributed by atoms with Crippen LogP contribution in [-0.4, -0.2) is 58.3 Å². The second-order valence-corrected chi connectivity index (χ2v) is 6.11. The predicted octanol–water partition coefficient (Wildman–Crippen LogP) is 0.256. The Balaban J connectivity index is 1.85. The van der Waals surface area contributed by atoms with Gasteiger partial charge in [0.2, 0.25) is 0 Å². The van der Waals surface area contributed by atoms with Crippen molar-refractivity contribution in [3.05, 3.63) is 0 Å². The highest BCUT2D eigenvalue weighted by molar-refractivity contribution is 8.00. The fourth-order valence-electron chi connectivity index (χ4n) is 2.70. The molecule has 0 saturated carbocycles. The minimum Gasteiger partial charge on any atom is -0.389 e. The molecule has 0 unspecified atom stereocenters. The maximum absolute atomic E-state index is 10.0. The summed E-state index contributed by atoms with van der Waals surface area (Å²) < 4.78 is 11.7. The number of fused-ring (bicyclic) bond motifs is 3. The van der Waals surface area contributed by atoms with E-state index in [1.165, 1.54) is 0 Å². The van der Waals surface area contributed by atoms with Crippen molar-refractivity contribution >= 4 is 11.8 Å². The number of hydrogen-bond acceptors (Lipinski definition) is 5. The molecule has 3 aliphatic rings. The Morgan fingerprint density at radius 3 is 2.87 bits per heavy atom. The van der Waals surface area contributed by atoms with Gasteiger partial charge < -0.3 is 14.6 Å². The van der Waals surface area contributed by atoms with Crippen molar-refractivity contribution in [2.45, 2.75) is 43.3 Å². The summed E-state index contributed by atoms with van der Waals surface area (Å²) in [6.07, 6.45) is -0.533. The van der Waals surface area contributed by atoms with Gasteiger partial charge in [-0.2, -0.15) is 0 Å². The lowest BCUT2D eigenvalue weighted by atomic mass is 10.0. The first-order chi connectivity index (χ1) is 7.07. The van der Waals surface area contributed by atoms with Crippen LogP contribution >= 0.6 is 11.8 Å². The Hall–Kier alpha value is 0.190. The van der Waals surface area contributed by atoms with E-state index in [0.717, 1.165) is 18.8 Å². The van der Waals surface area contributed by atoms with Crippen LogP contribution in [0.1, 0.15) is 13.8 Å². The van der Waals surface area contributed by atoms with Crippen LogP contribution in [0.5, 0.6) is 0 Å². The molecule has 0 aliphatic carbocycles. The topological polar surface area (TPSA) is 41.9 Å². The summed E-state index contributed by atoms with van der Waals surface area (Å²) in [6.45, 7) is 5.61. The highest BCUT2D eigenvalue weighted by atomic mass is 32.2. The van der Waals surface area contributed by atoms with Crippen LogP contribution < -0.4 is 0 Å². The Morgan fingerprint density at radius 2 is 2.07 bits per heavy atom. The molecule has 4 atom stereocenters. The molecule has 3 saturated heterocycles. The number of aliphatic hydroxyl groups is 1. The van der Waals surface area contributed by atoms with Gasteiger partial charge in [0.25, 0.3) is 0 Å². The highest BCUT2D eigenvalue weighted by Crippen LogP contribution is 2.42. The molecule has 3 heterocycles. The third-order valence-corrected chi connectivity index (χ3v) is 4.60. The van der Waals surface area contributed by atoms with Gasteiger partial charge in [-0.25, -0.2) is 0 Å². The predicted molar refractivity (Wildman–Crippen MR) is 57.7 cm³/mol. The number of hydrogen-bond donors (Lipinski definition) is 1. The average molecular weight is 231 g/mol. The number of rotatable bonds is 0. The second kappa shape index (κ2) is 3.34. The Morgan fingerprint density at radius 1 is 1.33 bits per heavy atom. The van der Waals surface area contributed by atoms with Gasteiger partial charge in [0.05, 0.1) is 11.5 Å². The third kappa shape index (κ3) is 1.61. The first-order valence-electron chi connectivity index (χ1n) is 5.46. The number of thioether (sulfide) groups is 1. The van der Waals surface area contributed by atoms with Crippen LogP contribution in [0.4, 0.5) is 0 Å². The van der Waals surface area contributed by atoms with E-state index in [1.54, 1.807) is 0 Å². The van der Waals surface area contributed by atoms with Gasteiger partial charge in [-0.3, -0.25) is 4.90 Å². The minimum atomic E-state index is -0.546. The Bertz CT molecular complexity index is 273. The van der Waals surface area contributed by atoms with Crippen LogP contribution in [0.2, 0.25) is 0 Å². The van der Waals surface area contributed by atoms with Gasteiger partial charge in [-0.1, -0.05) is 0 Å². The largest absolute Gasteiger partial charge is 0.389 e. The molecule has 1 N–H and O–H groups in total. The number of piperidine rings is 1. The number of nitrogens with zero attached hydrogens (tertiary/aromatic N) is 1. The van der Waals surface area contributed by atoms with Crippen molar-refractivity contribution in [3.63, 3.8) is 0 Å². The molecule has 0 aromatic carbocycles. The lowest BCUT2D eigenvalue weighted by Crippen LogP contribution is -2.56. The van der Waals surface area contributed by atoms with Gasteiger partial charge in [-0.05, 0) is 13.8 Å². The molecular formula is C10H17NO3S. The van der Waals surface area contributed by atoms with Gasteiger partial charge in [0.15, 0.2) is 5.79 Å². The van der Waals surface area contributed by atoms with Crippen molar-refractivity contribution in [2.24, 2.45) is 0 Å². The number of ether oxygens (including phenoxy) is 2. The highest BCUT2D eigenvalue weighted by Gasteiger charge is 2.54. The fraction of sp³-hybridized carbons (Fsp3) is 1.00. The van der Waals surface area contributed by atoms with E-state index in [-0.39, 0.29) is 12.2 Å². The molecule has 0 aromatic heterocycles. The molecule has 0 amide bonds. The SMILES string of the molecule is CC1(C)O[C@@H]2[C@H](O1)[C@@H]1SCCN1C[C@H]2O. The monoisotopic (exact) mass is 231 g/mol. The fourth-order valence-corrected chi connectivity index (χ4v) is 4.08. The molecular weight excluding hydrogens is 214 g/mol. The van der Waals surface area contributed by atoms with E-state index in [4.69, 9.17) is 9.47 Å². The Kier molecular flexibility index (Phi) is 2.30. The maximum atomic E-state index is 10.0. The van der Waals surface area contributed by atoms with Gasteiger partial charge in [-0.15, -0.1) is 11.8 Å². The summed E-state index contributed by atoms with van der Waals surface area (Å²) in [7, 11) is 0. The molecule has 3 rings (SSSR count). The molecule has 5 heteroatoms. The van der Waals surface area contributed by atoms with Gasteiger partial charge >= 0.3 is 0 Å². The van der Waals surface area contributed by atoms with E-state index in [0.29, 0.717) is 5.37 Å². The second-order valence-electron chi connectivity index (χ2n) is 4.89. The van der Waals surface area contributed by atoms with Crippen molar-refractivity contribution in [2.75, 3.05) is 18.8 Å². The molecule has 86 valence electrons. The minimum absolute atomic E-state index is 0.0243. The van der Waals surface area contributed by atoms with Crippen LogP contribution in [-0.2, 0) is 9.47 Å². The summed E-state index contributed by atoms with van der Waals surface area (Å²) in [6, 6.07) is 0. The molecule has 0 spiro atoms. The third-order valence-electron chi connectivity index (χ3n) is 3.27. The summed E-state index contributed by atoms with van der Waals surface area (Å²) >= 11 is 1.92. The molecule has 0 aromatic rings. The van der Waals surface area contributed by atoms with E-state index >= 15 is 0 Å². The van der Waals surface area contributed by atoms with E-state index in [1.807, 2.05) is 25.6 Å². The van der Waals surface area contributed by atoms with Gasteiger partial charge in [0, 0.05) is 18.8 Å². The van der Waals surface area contributed by atoms with Crippen molar-refractivity contribution in [3.8, 4) is 0 Å². The smallest absolute Gasteiger partial charge is 0.164 e. The first kappa shape index (κ1) is 10.4. The van der Waals surface area contributed by atoms with E-state index in [9.17, 15) is 5.11 Å². The lowest BCUT2D eigenvalue weighted by molar-refractivity contribution is -0.152. The zero-order valence-electron chi connectivity index (χ0n) is 9.05. The normalized spacial score (nSPS) is 49.0. The van der Waals surface area contributed by atoms with Crippen molar-refractivity contribution < 1.29 is 14.6 Å². The molecule has 4 nitrogen and oxygen atoms in total. The molecule has 3 aliphatic heterocycles. The Labute approximate surface area is 93.9 Å². The van der Waals surface area contributed by atoms with Crippen molar-refractivity contribution in [1.82, 2.24) is 4.90 Å². The van der Waals surface area contributed by atoms with E-state index < -0.39 is 11.9 Å². The standard InChI is InChI=1S/C10H17NO3S/c1-10(2)13-7-6(12)5-11-3-4-15-9(11)8(7)14-10/h6-9,12H,3-5H2,1-2H3/t6-,7+,8+,9+/m1/s1. The van der Waals surface area contributed by atoms with Gasteiger partial charge in [0.1, 0.15) is 12.2 Å². The van der Waals surface area contributed by atoms with E-state index in [2.05, 4.69) is 4.90 Å². The quantitative estimate of drug-likeness (QED) is 0.647.